The fourth-order valence-electron chi connectivity index (χ4n) is 2.27. The minimum atomic E-state index is -0.0320. The molecule has 0 aromatic heterocycles. The molecule has 1 amide bonds. The van der Waals surface area contributed by atoms with Crippen LogP contribution in [0.2, 0.25) is 10.0 Å². The van der Waals surface area contributed by atoms with E-state index in [1.165, 1.54) is 0 Å². The molecule has 1 heterocycles. The summed E-state index contributed by atoms with van der Waals surface area (Å²) >= 11 is 11.8. The van der Waals surface area contributed by atoms with Crippen LogP contribution in [-0.4, -0.2) is 36.6 Å². The third-order valence-electron chi connectivity index (χ3n) is 3.28. The Morgan fingerprint density at radius 1 is 1.45 bits per heavy atom. The molecule has 3 nitrogen and oxygen atoms in total. The van der Waals surface area contributed by atoms with Gasteiger partial charge in [-0.3, -0.25) is 4.79 Å². The van der Waals surface area contributed by atoms with Crippen LogP contribution in [0.15, 0.2) is 30.9 Å². The van der Waals surface area contributed by atoms with E-state index >= 15 is 0 Å². The molecule has 0 unspecified atom stereocenters. The Labute approximate surface area is 129 Å². The number of carbonyl (C=O) groups excluding carboxylic acids is 1. The normalized spacial score (nSPS) is 18.9. The molecule has 0 aliphatic carbocycles. The molecule has 1 saturated heterocycles. The summed E-state index contributed by atoms with van der Waals surface area (Å²) in [4.78, 5) is 14.2. The van der Waals surface area contributed by atoms with Gasteiger partial charge in [0.05, 0.1) is 22.8 Å². The topological polar surface area (TPSA) is 29.5 Å². The Balaban J connectivity index is 2.04. The molecule has 20 heavy (non-hydrogen) atoms. The number of hydrogen-bond acceptors (Lipinski definition) is 2. The molecule has 1 aliphatic heterocycles. The average molecular weight is 314 g/mol. The number of carbonyl (C=O) groups is 1. The number of nitrogens with zero attached hydrogens (tertiary/aromatic N) is 1. The van der Waals surface area contributed by atoms with Gasteiger partial charge in [0.15, 0.2) is 0 Å². The quantitative estimate of drug-likeness (QED) is 0.791. The zero-order chi connectivity index (χ0) is 14.5. The van der Waals surface area contributed by atoms with Gasteiger partial charge in [0.1, 0.15) is 0 Å². The van der Waals surface area contributed by atoms with Crippen LogP contribution in [0, 0.1) is 0 Å². The number of benzene rings is 1. The highest BCUT2D eigenvalue weighted by Crippen LogP contribution is 2.24. The zero-order valence-corrected chi connectivity index (χ0v) is 12.7. The lowest BCUT2D eigenvalue weighted by molar-refractivity contribution is 0.0134. The molecule has 0 spiro atoms. The van der Waals surface area contributed by atoms with Crippen LogP contribution in [0.25, 0.3) is 0 Å². The zero-order valence-electron chi connectivity index (χ0n) is 11.1. The Hall–Kier alpha value is -1.03. The van der Waals surface area contributed by atoms with E-state index in [2.05, 4.69) is 6.58 Å². The van der Waals surface area contributed by atoms with Crippen LogP contribution in [0.1, 0.15) is 23.2 Å². The first-order valence-electron chi connectivity index (χ1n) is 6.58. The number of hydrogen-bond donors (Lipinski definition) is 0. The highest BCUT2D eigenvalue weighted by molar-refractivity contribution is 6.42. The van der Waals surface area contributed by atoms with Gasteiger partial charge in [0.25, 0.3) is 5.91 Å². The molecule has 2 rings (SSSR count). The molecular formula is C15H17Cl2NO2. The van der Waals surface area contributed by atoms with Crippen LogP contribution in [0.3, 0.4) is 0 Å². The van der Waals surface area contributed by atoms with E-state index in [0.717, 1.165) is 19.4 Å². The molecule has 0 N–H and O–H groups in total. The number of amides is 1. The van der Waals surface area contributed by atoms with Crippen molar-refractivity contribution in [2.75, 3.05) is 19.7 Å². The molecule has 5 heteroatoms. The number of halogens is 2. The van der Waals surface area contributed by atoms with Crippen LogP contribution in [-0.2, 0) is 4.74 Å². The van der Waals surface area contributed by atoms with Crippen molar-refractivity contribution < 1.29 is 9.53 Å². The number of piperidine rings is 1. The van der Waals surface area contributed by atoms with Crippen molar-refractivity contribution >= 4 is 29.1 Å². The Morgan fingerprint density at radius 3 is 2.95 bits per heavy atom. The molecule has 0 bridgehead atoms. The molecule has 1 aromatic carbocycles. The van der Waals surface area contributed by atoms with Gasteiger partial charge in [0, 0.05) is 18.7 Å². The van der Waals surface area contributed by atoms with E-state index in [9.17, 15) is 4.79 Å². The first-order chi connectivity index (χ1) is 9.61. The van der Waals surface area contributed by atoms with Gasteiger partial charge in [-0.1, -0.05) is 29.3 Å². The van der Waals surface area contributed by atoms with Gasteiger partial charge in [-0.15, -0.1) is 6.58 Å². The van der Waals surface area contributed by atoms with Crippen molar-refractivity contribution in [1.82, 2.24) is 4.90 Å². The van der Waals surface area contributed by atoms with E-state index in [1.807, 2.05) is 0 Å². The maximum atomic E-state index is 12.4. The maximum absolute atomic E-state index is 12.4. The Kier molecular flexibility index (Phi) is 5.46. The lowest BCUT2D eigenvalue weighted by Crippen LogP contribution is -2.43. The molecule has 0 saturated carbocycles. The van der Waals surface area contributed by atoms with Crippen molar-refractivity contribution in [2.45, 2.75) is 18.9 Å². The lowest BCUT2D eigenvalue weighted by atomic mass is 10.1. The van der Waals surface area contributed by atoms with E-state index in [4.69, 9.17) is 27.9 Å². The molecule has 1 aromatic rings. The molecule has 1 aliphatic rings. The van der Waals surface area contributed by atoms with Crippen LogP contribution >= 0.6 is 23.2 Å². The second-order valence-corrected chi connectivity index (χ2v) is 5.58. The van der Waals surface area contributed by atoms with Crippen molar-refractivity contribution in [3.05, 3.63) is 46.5 Å². The first kappa shape index (κ1) is 15.4. The summed E-state index contributed by atoms with van der Waals surface area (Å²) < 4.78 is 5.63. The van der Waals surface area contributed by atoms with Crippen molar-refractivity contribution in [1.29, 1.82) is 0 Å². The van der Waals surface area contributed by atoms with Gasteiger partial charge in [-0.25, -0.2) is 0 Å². The lowest BCUT2D eigenvalue weighted by Gasteiger charge is -2.32. The number of likely N-dealkylation sites (tertiary alicyclic amines) is 1. The maximum Gasteiger partial charge on any atom is 0.253 e. The summed E-state index contributed by atoms with van der Waals surface area (Å²) in [7, 11) is 0. The highest BCUT2D eigenvalue weighted by atomic mass is 35.5. The minimum Gasteiger partial charge on any atom is -0.372 e. The standard InChI is InChI=1S/C15H17Cl2NO2/c1-2-8-20-12-4-3-7-18(10-12)15(19)11-5-6-13(16)14(17)9-11/h2,5-6,9,12H,1,3-4,7-8,10H2/t12-/m0/s1. The van der Waals surface area contributed by atoms with E-state index in [1.54, 1.807) is 29.2 Å². The summed E-state index contributed by atoms with van der Waals surface area (Å²) in [6, 6.07) is 4.96. The fourth-order valence-corrected chi connectivity index (χ4v) is 2.57. The smallest absolute Gasteiger partial charge is 0.253 e. The minimum absolute atomic E-state index is 0.0320. The Morgan fingerprint density at radius 2 is 2.25 bits per heavy atom. The van der Waals surface area contributed by atoms with E-state index in [-0.39, 0.29) is 12.0 Å². The monoisotopic (exact) mass is 313 g/mol. The third-order valence-corrected chi connectivity index (χ3v) is 4.02. The number of ether oxygens (including phenoxy) is 1. The summed E-state index contributed by atoms with van der Waals surface area (Å²) in [5.74, 6) is -0.0320. The van der Waals surface area contributed by atoms with Gasteiger partial charge in [-0.05, 0) is 31.0 Å². The Bertz CT molecular complexity index is 505. The second kappa shape index (κ2) is 7.11. The molecule has 0 radical (unpaired) electrons. The van der Waals surface area contributed by atoms with E-state index in [0.29, 0.717) is 28.8 Å². The van der Waals surface area contributed by atoms with Crippen molar-refractivity contribution in [2.24, 2.45) is 0 Å². The molecular weight excluding hydrogens is 297 g/mol. The van der Waals surface area contributed by atoms with Crippen LogP contribution in [0.4, 0.5) is 0 Å². The van der Waals surface area contributed by atoms with Crippen molar-refractivity contribution in [3.8, 4) is 0 Å². The van der Waals surface area contributed by atoms with E-state index < -0.39 is 0 Å². The predicted molar refractivity (Wildman–Crippen MR) is 81.5 cm³/mol. The summed E-state index contributed by atoms with van der Waals surface area (Å²) in [6.45, 7) is 5.49. The largest absolute Gasteiger partial charge is 0.372 e. The third kappa shape index (κ3) is 3.75. The second-order valence-electron chi connectivity index (χ2n) is 4.77. The molecule has 1 atom stereocenters. The summed E-state index contributed by atoms with van der Waals surface area (Å²) in [6.07, 6.45) is 3.71. The van der Waals surface area contributed by atoms with Gasteiger partial charge in [0.2, 0.25) is 0 Å². The van der Waals surface area contributed by atoms with Gasteiger partial charge in [-0.2, -0.15) is 0 Å². The van der Waals surface area contributed by atoms with Crippen LogP contribution in [0.5, 0.6) is 0 Å². The van der Waals surface area contributed by atoms with Gasteiger partial charge >= 0.3 is 0 Å². The predicted octanol–water partition coefficient (Wildman–Crippen LogP) is 3.80. The highest BCUT2D eigenvalue weighted by Gasteiger charge is 2.25. The number of rotatable bonds is 4. The average Bonchev–Trinajstić information content (AvgIpc) is 2.47. The molecule has 108 valence electrons. The SMILES string of the molecule is C=CCO[C@H]1CCCN(C(=O)c2ccc(Cl)c(Cl)c2)C1. The van der Waals surface area contributed by atoms with Gasteiger partial charge < -0.3 is 9.64 Å². The summed E-state index contributed by atoms with van der Waals surface area (Å²) in [5, 5.41) is 0.850. The first-order valence-corrected chi connectivity index (χ1v) is 7.34. The van der Waals surface area contributed by atoms with Crippen LogP contribution < -0.4 is 0 Å². The fraction of sp³-hybridized carbons (Fsp3) is 0.400. The summed E-state index contributed by atoms with van der Waals surface area (Å²) in [5.41, 5.74) is 0.559. The van der Waals surface area contributed by atoms with Crippen molar-refractivity contribution in [3.63, 3.8) is 0 Å². The molecule has 1 fully saturated rings.